The van der Waals surface area contributed by atoms with Crippen molar-refractivity contribution in [1.29, 1.82) is 0 Å². The van der Waals surface area contributed by atoms with E-state index in [2.05, 4.69) is 37.2 Å². The standard InChI is InChI=1S/C15H17Br2NO3/c16-10-6-9(7-11(17)8-10)14(19)18-13-5-3-1-2-4-12(13)15(20)21/h6-8,12-13H,1-5H2,(H,18,19)(H,20,21). The van der Waals surface area contributed by atoms with Gasteiger partial charge in [-0.15, -0.1) is 0 Å². The first-order valence-corrected chi connectivity index (χ1v) is 8.56. The highest BCUT2D eigenvalue weighted by Crippen LogP contribution is 2.25. The number of amides is 1. The molecule has 1 aromatic rings. The summed E-state index contributed by atoms with van der Waals surface area (Å²) in [7, 11) is 0. The first kappa shape index (κ1) is 16.5. The summed E-state index contributed by atoms with van der Waals surface area (Å²) in [6.07, 6.45) is 4.24. The summed E-state index contributed by atoms with van der Waals surface area (Å²) in [5, 5.41) is 12.2. The molecule has 2 rings (SSSR count). The molecule has 0 radical (unpaired) electrons. The average Bonchev–Trinajstić information content (AvgIpc) is 2.63. The highest BCUT2D eigenvalue weighted by atomic mass is 79.9. The van der Waals surface area contributed by atoms with Crippen LogP contribution in [0.1, 0.15) is 42.5 Å². The minimum absolute atomic E-state index is 0.227. The maximum atomic E-state index is 12.4. The summed E-state index contributed by atoms with van der Waals surface area (Å²) in [4.78, 5) is 23.7. The van der Waals surface area contributed by atoms with Gasteiger partial charge in [-0.25, -0.2) is 0 Å². The Bertz CT molecular complexity index is 527. The Morgan fingerprint density at radius 1 is 1.05 bits per heavy atom. The Kier molecular flexibility index (Phi) is 5.81. The van der Waals surface area contributed by atoms with Crippen LogP contribution in [0.3, 0.4) is 0 Å². The molecular weight excluding hydrogens is 402 g/mol. The van der Waals surface area contributed by atoms with Gasteiger partial charge in [0.1, 0.15) is 0 Å². The van der Waals surface area contributed by atoms with Crippen molar-refractivity contribution < 1.29 is 14.7 Å². The molecule has 6 heteroatoms. The van der Waals surface area contributed by atoms with E-state index in [0.29, 0.717) is 12.0 Å². The molecule has 2 N–H and O–H groups in total. The number of carboxylic acids is 1. The fourth-order valence-corrected chi connectivity index (χ4v) is 4.01. The van der Waals surface area contributed by atoms with Crippen LogP contribution in [-0.4, -0.2) is 23.0 Å². The third-order valence-corrected chi connectivity index (χ3v) is 4.69. The maximum Gasteiger partial charge on any atom is 0.308 e. The summed E-state index contributed by atoms with van der Waals surface area (Å²) in [6.45, 7) is 0. The van der Waals surface area contributed by atoms with Gasteiger partial charge in [0.15, 0.2) is 0 Å². The second-order valence-corrected chi connectivity index (χ2v) is 7.15. The second kappa shape index (κ2) is 7.40. The van der Waals surface area contributed by atoms with Gasteiger partial charge in [-0.05, 0) is 31.0 Å². The number of carbonyl (C=O) groups is 2. The van der Waals surface area contributed by atoms with E-state index in [1.165, 1.54) is 0 Å². The Morgan fingerprint density at radius 3 is 2.29 bits per heavy atom. The van der Waals surface area contributed by atoms with Gasteiger partial charge in [-0.3, -0.25) is 9.59 Å². The van der Waals surface area contributed by atoms with Crippen LogP contribution in [0.2, 0.25) is 0 Å². The van der Waals surface area contributed by atoms with E-state index < -0.39 is 11.9 Å². The van der Waals surface area contributed by atoms with Crippen molar-refractivity contribution >= 4 is 43.7 Å². The minimum Gasteiger partial charge on any atom is -0.481 e. The molecule has 1 aliphatic rings. The fourth-order valence-electron chi connectivity index (χ4n) is 2.71. The van der Waals surface area contributed by atoms with Gasteiger partial charge in [-0.1, -0.05) is 51.1 Å². The van der Waals surface area contributed by atoms with E-state index in [-0.39, 0.29) is 11.9 Å². The smallest absolute Gasteiger partial charge is 0.308 e. The Balaban J connectivity index is 2.14. The van der Waals surface area contributed by atoms with Crippen LogP contribution in [0.4, 0.5) is 0 Å². The van der Waals surface area contributed by atoms with Gasteiger partial charge >= 0.3 is 5.97 Å². The van der Waals surface area contributed by atoms with Crippen LogP contribution >= 0.6 is 31.9 Å². The average molecular weight is 419 g/mol. The number of hydrogen-bond acceptors (Lipinski definition) is 2. The van der Waals surface area contributed by atoms with Crippen molar-refractivity contribution in [3.05, 3.63) is 32.7 Å². The summed E-state index contributed by atoms with van der Waals surface area (Å²) in [5.41, 5.74) is 0.518. The second-order valence-electron chi connectivity index (χ2n) is 5.32. The van der Waals surface area contributed by atoms with Crippen molar-refractivity contribution in [2.45, 2.75) is 38.1 Å². The van der Waals surface area contributed by atoms with Gasteiger partial charge < -0.3 is 10.4 Å². The van der Waals surface area contributed by atoms with Crippen LogP contribution in [0.5, 0.6) is 0 Å². The van der Waals surface area contributed by atoms with Crippen LogP contribution in [0.15, 0.2) is 27.1 Å². The molecule has 0 bridgehead atoms. The highest BCUT2D eigenvalue weighted by Gasteiger charge is 2.30. The maximum absolute atomic E-state index is 12.4. The number of aliphatic carboxylic acids is 1. The molecule has 1 fully saturated rings. The van der Waals surface area contributed by atoms with E-state index in [0.717, 1.165) is 34.6 Å². The monoisotopic (exact) mass is 417 g/mol. The molecule has 0 aliphatic heterocycles. The molecule has 0 heterocycles. The van der Waals surface area contributed by atoms with Crippen LogP contribution < -0.4 is 5.32 Å². The predicted octanol–water partition coefficient (Wildman–Crippen LogP) is 3.97. The van der Waals surface area contributed by atoms with Crippen molar-refractivity contribution in [1.82, 2.24) is 5.32 Å². The zero-order valence-corrected chi connectivity index (χ0v) is 14.6. The first-order valence-electron chi connectivity index (χ1n) is 6.97. The van der Waals surface area contributed by atoms with E-state index in [1.807, 2.05) is 6.07 Å². The van der Waals surface area contributed by atoms with Gasteiger partial charge in [0, 0.05) is 20.6 Å². The molecule has 114 valence electrons. The molecule has 1 saturated carbocycles. The number of carbonyl (C=O) groups excluding carboxylic acids is 1. The van der Waals surface area contributed by atoms with Crippen LogP contribution in [0.25, 0.3) is 0 Å². The molecule has 4 nitrogen and oxygen atoms in total. The zero-order valence-electron chi connectivity index (χ0n) is 11.4. The normalized spacial score (nSPS) is 22.4. The molecule has 1 amide bonds. The van der Waals surface area contributed by atoms with E-state index >= 15 is 0 Å². The van der Waals surface area contributed by atoms with Crippen molar-refractivity contribution in [3.8, 4) is 0 Å². The Morgan fingerprint density at radius 2 is 1.67 bits per heavy atom. The number of rotatable bonds is 3. The number of hydrogen-bond donors (Lipinski definition) is 2. The topological polar surface area (TPSA) is 66.4 Å². The van der Waals surface area contributed by atoms with Gasteiger partial charge in [0.2, 0.25) is 0 Å². The Hall–Kier alpha value is -0.880. The molecular formula is C15H17Br2NO3. The summed E-state index contributed by atoms with van der Waals surface area (Å²) >= 11 is 6.70. The van der Waals surface area contributed by atoms with E-state index in [4.69, 9.17) is 0 Å². The summed E-state index contributed by atoms with van der Waals surface area (Å²) < 4.78 is 1.61. The first-order chi connectivity index (χ1) is 9.97. The van der Waals surface area contributed by atoms with E-state index in [9.17, 15) is 14.7 Å². The van der Waals surface area contributed by atoms with Crippen molar-refractivity contribution in [3.63, 3.8) is 0 Å². The van der Waals surface area contributed by atoms with Crippen LogP contribution in [-0.2, 0) is 4.79 Å². The lowest BCUT2D eigenvalue weighted by Crippen LogP contribution is -2.42. The van der Waals surface area contributed by atoms with Gasteiger partial charge in [0.05, 0.1) is 5.92 Å². The third kappa shape index (κ3) is 4.54. The third-order valence-electron chi connectivity index (χ3n) is 3.77. The molecule has 0 saturated heterocycles. The molecule has 1 aromatic carbocycles. The largest absolute Gasteiger partial charge is 0.481 e. The number of carboxylic acid groups (broad SMARTS) is 1. The molecule has 2 unspecified atom stereocenters. The number of nitrogens with one attached hydrogen (secondary N) is 1. The minimum atomic E-state index is -0.822. The van der Waals surface area contributed by atoms with E-state index in [1.54, 1.807) is 12.1 Å². The molecule has 1 aliphatic carbocycles. The predicted molar refractivity (Wildman–Crippen MR) is 87.3 cm³/mol. The zero-order chi connectivity index (χ0) is 15.4. The quantitative estimate of drug-likeness (QED) is 0.729. The lowest BCUT2D eigenvalue weighted by molar-refractivity contribution is -0.142. The highest BCUT2D eigenvalue weighted by molar-refractivity contribution is 9.11. The molecule has 2 atom stereocenters. The molecule has 0 aromatic heterocycles. The molecule has 21 heavy (non-hydrogen) atoms. The Labute approximate surface area is 140 Å². The lowest BCUT2D eigenvalue weighted by Gasteiger charge is -2.23. The summed E-state index contributed by atoms with van der Waals surface area (Å²) in [6, 6.07) is 5.01. The van der Waals surface area contributed by atoms with Gasteiger partial charge in [0.25, 0.3) is 5.91 Å². The fraction of sp³-hybridized carbons (Fsp3) is 0.467. The molecule has 0 spiro atoms. The van der Waals surface area contributed by atoms with Crippen molar-refractivity contribution in [2.75, 3.05) is 0 Å². The van der Waals surface area contributed by atoms with Crippen LogP contribution in [0, 0.1) is 5.92 Å². The van der Waals surface area contributed by atoms with Crippen molar-refractivity contribution in [2.24, 2.45) is 5.92 Å². The lowest BCUT2D eigenvalue weighted by atomic mass is 9.94. The van der Waals surface area contributed by atoms with Gasteiger partial charge in [-0.2, -0.15) is 0 Å². The SMILES string of the molecule is O=C(NC1CCCCCC1C(=O)O)c1cc(Br)cc(Br)c1. The number of benzene rings is 1. The number of halogens is 2. The summed E-state index contributed by atoms with van der Waals surface area (Å²) in [5.74, 6) is -1.54.